The summed E-state index contributed by atoms with van der Waals surface area (Å²) in [7, 11) is 0. The van der Waals surface area contributed by atoms with Crippen LogP contribution in [0.1, 0.15) is 158 Å². The van der Waals surface area contributed by atoms with E-state index in [0.717, 1.165) is 35.9 Å². The van der Waals surface area contributed by atoms with Gasteiger partial charge in [-0.1, -0.05) is 0 Å². The molecule has 0 aromatic heterocycles. The van der Waals surface area contributed by atoms with Crippen molar-refractivity contribution in [3.8, 4) is 0 Å². The molecule has 0 heterocycles. The average Bonchev–Trinajstić information content (AvgIpc) is 2.91. The van der Waals surface area contributed by atoms with Gasteiger partial charge < -0.3 is 0 Å². The van der Waals surface area contributed by atoms with Crippen LogP contribution in [0.4, 0.5) is 0 Å². The monoisotopic (exact) mass is 738 g/mol. The summed E-state index contributed by atoms with van der Waals surface area (Å²) in [6.45, 7) is 17.7. The summed E-state index contributed by atoms with van der Waals surface area (Å²) in [5, 5.41) is 0. The van der Waals surface area contributed by atoms with Crippen LogP contribution in [-0.4, -0.2) is 49.7 Å². The van der Waals surface area contributed by atoms with Crippen molar-refractivity contribution in [1.82, 2.24) is 0 Å². The zero-order valence-corrected chi connectivity index (χ0v) is 32.2. The molecule has 0 amide bonds. The van der Waals surface area contributed by atoms with Gasteiger partial charge in [0.25, 0.3) is 0 Å². The summed E-state index contributed by atoms with van der Waals surface area (Å²) in [5.41, 5.74) is 0. The Morgan fingerprint density at radius 1 is 0.541 bits per heavy atom. The first-order chi connectivity index (χ1) is 17.9. The summed E-state index contributed by atoms with van der Waals surface area (Å²) < 4.78 is 11.8. The molecule has 0 N–H and O–H groups in total. The predicted octanol–water partition coefficient (Wildman–Crippen LogP) is 10.7. The molecule has 0 aliphatic rings. The molecule has 0 aliphatic heterocycles. The third-order valence-electron chi connectivity index (χ3n) is 7.38. The summed E-state index contributed by atoms with van der Waals surface area (Å²) in [6.07, 6.45) is 19.0. The number of unbranched alkanes of at least 4 members (excludes halogenated alkanes) is 6. The summed E-state index contributed by atoms with van der Waals surface area (Å²) in [6, 6.07) is 0. The van der Waals surface area contributed by atoms with E-state index in [4.69, 9.17) is 3.07 Å². The number of hydrogen-bond donors (Lipinski definition) is 0. The van der Waals surface area contributed by atoms with Crippen LogP contribution < -0.4 is 0 Å². The maximum absolute atomic E-state index is 12.7. The summed E-state index contributed by atoms with van der Waals surface area (Å²) >= 11 is -3.61. The van der Waals surface area contributed by atoms with E-state index < -0.39 is 39.9 Å². The van der Waals surface area contributed by atoms with Crippen molar-refractivity contribution in [2.24, 2.45) is 11.8 Å². The molecular weight excluding hydrogens is 670 g/mol. The van der Waals surface area contributed by atoms with E-state index in [-0.39, 0.29) is 11.9 Å². The maximum atomic E-state index is 12.7. The van der Waals surface area contributed by atoms with E-state index in [9.17, 15) is 9.59 Å². The molecule has 0 aliphatic carbocycles. The quantitative estimate of drug-likeness (QED) is 0.0927. The molecule has 0 bridgehead atoms. The zero-order chi connectivity index (χ0) is 28.3. The molecule has 5 heteroatoms. The number of hydrogen-bond acceptors (Lipinski definition) is 3. The second-order valence-corrected chi connectivity index (χ2v) is 25.1. The van der Waals surface area contributed by atoms with Crippen molar-refractivity contribution >= 4 is 49.7 Å². The number of carbonyl (C=O) groups excluding carboxylic acids is 2. The van der Waals surface area contributed by atoms with Gasteiger partial charge in [0.1, 0.15) is 0 Å². The van der Waals surface area contributed by atoms with E-state index in [1.807, 2.05) is 0 Å². The Labute approximate surface area is 248 Å². The van der Waals surface area contributed by atoms with Crippen molar-refractivity contribution in [1.29, 1.82) is 0 Å². The Hall–Kier alpha value is 0.737. The number of rotatable bonds is 24. The molecule has 2 radical (unpaired) electrons. The molecule has 0 rings (SSSR count). The van der Waals surface area contributed by atoms with Gasteiger partial charge in [-0.3, -0.25) is 0 Å². The second kappa shape index (κ2) is 29.7. The van der Waals surface area contributed by atoms with Gasteiger partial charge in [0, 0.05) is 0 Å². The van der Waals surface area contributed by atoms with Gasteiger partial charge in [-0.15, -0.1) is 0 Å². The van der Waals surface area contributed by atoms with E-state index >= 15 is 0 Å². The average molecular weight is 736 g/mol. The van der Waals surface area contributed by atoms with Crippen LogP contribution in [0.25, 0.3) is 0 Å². The van der Waals surface area contributed by atoms with Crippen molar-refractivity contribution in [3.63, 3.8) is 0 Å². The SMILES string of the molecule is CCCCC(CC)C(=O)[O][Sn]([CH2]CCC)[CH2]CCC.CCCCC(CC)[C](=O)[Sn]([CH2]CCC)[CH2]CCC. The van der Waals surface area contributed by atoms with Gasteiger partial charge in [0.2, 0.25) is 0 Å². The Bertz CT molecular complexity index is 496. The van der Waals surface area contributed by atoms with Gasteiger partial charge in [-0.05, 0) is 0 Å². The van der Waals surface area contributed by atoms with Crippen LogP contribution in [0.3, 0.4) is 0 Å². The Morgan fingerprint density at radius 2 is 0.919 bits per heavy atom. The minimum absolute atomic E-state index is 0.137. The standard InChI is InChI=1S/C8H16O2.C8H15O.4C4H9.2Sn/c1-3-5-6-7(4-2)8(9)10;1-3-5-6-8(4-2)7-9;4*1-3-4-2;;/h7H,3-6H2,1-2H3,(H,9,10);8H,3-6H2,1-2H3;4*1,3-4H2,2H3;;/q;;;;;;;+1/p-1. The fourth-order valence-corrected chi connectivity index (χ4v) is 20.6. The second-order valence-electron chi connectivity index (χ2n) is 10.8. The van der Waals surface area contributed by atoms with Crippen molar-refractivity contribution in [3.05, 3.63) is 0 Å². The van der Waals surface area contributed by atoms with Crippen molar-refractivity contribution in [2.45, 2.75) is 176 Å². The molecule has 2 atom stereocenters. The molecule has 3 nitrogen and oxygen atoms in total. The molecule has 0 saturated carbocycles. The van der Waals surface area contributed by atoms with Crippen molar-refractivity contribution in [2.75, 3.05) is 0 Å². The molecule has 0 spiro atoms. The molecule has 2 unspecified atom stereocenters. The van der Waals surface area contributed by atoms with Gasteiger partial charge >= 0.3 is 250 Å². The van der Waals surface area contributed by atoms with Crippen LogP contribution >= 0.6 is 0 Å². The Morgan fingerprint density at radius 3 is 1.30 bits per heavy atom. The first-order valence-electron chi connectivity index (χ1n) is 16.3. The van der Waals surface area contributed by atoms with Gasteiger partial charge in [0.05, 0.1) is 0 Å². The van der Waals surface area contributed by atoms with E-state index in [2.05, 4.69) is 55.4 Å². The van der Waals surface area contributed by atoms with Crippen molar-refractivity contribution < 1.29 is 12.7 Å². The fourth-order valence-electron chi connectivity index (χ4n) is 4.55. The van der Waals surface area contributed by atoms with Gasteiger partial charge in [-0.2, -0.15) is 0 Å². The van der Waals surface area contributed by atoms with Crippen LogP contribution in [-0.2, 0) is 12.7 Å². The number of carbonyl (C=O) groups is 2. The third-order valence-corrected chi connectivity index (χ3v) is 22.6. The zero-order valence-electron chi connectivity index (χ0n) is 26.5. The molecule has 0 aromatic carbocycles. The first kappa shape index (κ1) is 39.9. The van der Waals surface area contributed by atoms with Crippen LogP contribution in [0.15, 0.2) is 0 Å². The van der Waals surface area contributed by atoms with E-state index in [0.29, 0.717) is 5.92 Å². The molecular formula is C32H66O3Sn2. The summed E-state index contributed by atoms with van der Waals surface area (Å²) in [4.78, 5) is 24.9. The normalized spacial score (nSPS) is 12.8. The topological polar surface area (TPSA) is 43.4 Å². The van der Waals surface area contributed by atoms with Gasteiger partial charge in [0.15, 0.2) is 0 Å². The van der Waals surface area contributed by atoms with Crippen LogP contribution in [0.5, 0.6) is 0 Å². The fraction of sp³-hybridized carbons (Fsp3) is 0.938. The van der Waals surface area contributed by atoms with E-state index in [1.54, 1.807) is 0 Å². The van der Waals surface area contributed by atoms with E-state index in [1.165, 1.54) is 88.4 Å². The summed E-state index contributed by atoms with van der Waals surface area (Å²) in [5.74, 6) is 0.726. The molecule has 0 fully saturated rings. The van der Waals surface area contributed by atoms with Gasteiger partial charge in [-0.25, -0.2) is 0 Å². The Balaban J connectivity index is 0. The molecule has 0 aromatic rings. The van der Waals surface area contributed by atoms with Crippen LogP contribution in [0, 0.1) is 11.8 Å². The first-order valence-corrected chi connectivity index (χ1v) is 27.0. The molecule has 220 valence electrons. The third kappa shape index (κ3) is 22.1. The Kier molecular flexibility index (Phi) is 32.0. The molecule has 37 heavy (non-hydrogen) atoms. The molecule has 0 saturated heterocycles. The predicted molar refractivity (Wildman–Crippen MR) is 168 cm³/mol. The van der Waals surface area contributed by atoms with Crippen LogP contribution in [0.2, 0.25) is 17.7 Å². The minimum atomic E-state index is -1.88.